The predicted molar refractivity (Wildman–Crippen MR) is 230 cm³/mol. The third-order valence-corrected chi connectivity index (χ3v) is 11.8. The van der Waals surface area contributed by atoms with Crippen LogP contribution in [0.1, 0.15) is 124 Å². The van der Waals surface area contributed by atoms with E-state index in [1.807, 2.05) is 92.6 Å². The summed E-state index contributed by atoms with van der Waals surface area (Å²) in [7, 11) is 0. The van der Waals surface area contributed by atoms with Crippen molar-refractivity contribution in [2.45, 2.75) is 138 Å². The smallest absolute Gasteiger partial charge is 0.268 e. The van der Waals surface area contributed by atoms with Crippen molar-refractivity contribution in [3.8, 4) is 0 Å². The summed E-state index contributed by atoms with van der Waals surface area (Å²) in [4.78, 5) is 94.7. The van der Waals surface area contributed by atoms with E-state index in [0.29, 0.717) is 36.4 Å². The van der Waals surface area contributed by atoms with Crippen LogP contribution in [0.5, 0.6) is 0 Å². The highest BCUT2D eigenvalue weighted by atomic mass is 32.1. The summed E-state index contributed by atoms with van der Waals surface area (Å²) in [6.45, 7) is 20.6. The largest absolute Gasteiger partial charge is 0.363 e. The average molecular weight is 833 g/mol. The van der Waals surface area contributed by atoms with Gasteiger partial charge in [0.1, 0.15) is 40.4 Å². The first-order valence-electron chi connectivity index (χ1n) is 20.6. The van der Waals surface area contributed by atoms with Crippen molar-refractivity contribution in [3.63, 3.8) is 0 Å². The van der Waals surface area contributed by atoms with Gasteiger partial charge in [0.2, 0.25) is 23.6 Å². The van der Waals surface area contributed by atoms with Crippen LogP contribution in [0.15, 0.2) is 58.2 Å². The topological polar surface area (TPSA) is 191 Å². The number of nitrogens with one attached hydrogen (secondary N) is 5. The molecule has 1 aromatic heterocycles. The molecule has 15 heteroatoms. The third-order valence-electron chi connectivity index (χ3n) is 10.9. The van der Waals surface area contributed by atoms with E-state index in [2.05, 4.69) is 31.6 Å². The number of fused-ring (bicyclic) bond motifs is 1. The van der Waals surface area contributed by atoms with Crippen molar-refractivity contribution in [2.24, 2.45) is 21.7 Å². The van der Waals surface area contributed by atoms with Crippen molar-refractivity contribution in [1.82, 2.24) is 36.5 Å². The molecular weight excluding hydrogens is 769 g/mol. The van der Waals surface area contributed by atoms with Crippen LogP contribution in [0.4, 0.5) is 0 Å². The summed E-state index contributed by atoms with van der Waals surface area (Å²) >= 11 is 1.34. The van der Waals surface area contributed by atoms with Gasteiger partial charge in [-0.15, -0.1) is 11.3 Å². The number of rotatable bonds is 12. The summed E-state index contributed by atoms with van der Waals surface area (Å²) in [5.74, 6) is -2.76. The fourth-order valence-electron chi connectivity index (χ4n) is 7.48. The van der Waals surface area contributed by atoms with Crippen LogP contribution in [0.25, 0.3) is 0 Å². The van der Waals surface area contributed by atoms with Crippen molar-refractivity contribution < 1.29 is 28.8 Å². The Labute approximate surface area is 353 Å². The van der Waals surface area contributed by atoms with Gasteiger partial charge in [-0.3, -0.25) is 33.8 Å². The van der Waals surface area contributed by atoms with E-state index in [0.717, 1.165) is 5.56 Å². The molecule has 1 aromatic carbocycles. The molecule has 3 unspecified atom stereocenters. The van der Waals surface area contributed by atoms with Crippen LogP contribution in [-0.4, -0.2) is 88.3 Å². The van der Waals surface area contributed by atoms with Gasteiger partial charge in [0, 0.05) is 36.9 Å². The third kappa shape index (κ3) is 12.1. The number of aromatic nitrogens is 1. The maximum atomic E-state index is 14.8. The zero-order valence-electron chi connectivity index (χ0n) is 36.5. The van der Waals surface area contributed by atoms with Crippen molar-refractivity contribution in [3.05, 3.63) is 63.7 Å². The number of hydrogen-bond acceptors (Lipinski definition) is 9. The van der Waals surface area contributed by atoms with E-state index in [1.165, 1.54) is 16.2 Å². The number of ketones is 1. The molecule has 0 saturated carbocycles. The molecule has 2 fully saturated rings. The number of carbonyl (C=O) groups excluding carboxylic acids is 6. The second kappa shape index (κ2) is 19.9. The summed E-state index contributed by atoms with van der Waals surface area (Å²) < 4.78 is 0. The molecule has 5 N–H and O–H groups in total. The van der Waals surface area contributed by atoms with Gasteiger partial charge < -0.3 is 31.5 Å². The van der Waals surface area contributed by atoms with Crippen LogP contribution in [-0.2, 0) is 28.8 Å². The van der Waals surface area contributed by atoms with Crippen LogP contribution in [0.2, 0.25) is 0 Å². The monoisotopic (exact) mass is 832 g/mol. The van der Waals surface area contributed by atoms with Gasteiger partial charge in [0.25, 0.3) is 5.91 Å². The fourth-order valence-corrected chi connectivity index (χ4v) is 8.17. The molecule has 0 aliphatic carbocycles. The summed E-state index contributed by atoms with van der Waals surface area (Å²) in [5, 5.41) is 17.5. The highest BCUT2D eigenvalue weighted by Gasteiger charge is 2.43. The molecule has 2 saturated heterocycles. The SMILES string of the molecule is CCCC(=O)C[C@@H](NC(=O)C(NC(=O)C(/N=C1\NCC(=O)N2CC[C@@H](C)[C@H]2C(=O)NC(=C(C)C)C(=O)NC1C(C)(C)C)C(C)(C)C)[C@@H](C)c1ccccc1)c1nccs1. The minimum Gasteiger partial charge on any atom is -0.363 e. The Balaban J connectivity index is 1.79. The second-order valence-corrected chi connectivity index (χ2v) is 19.1. The number of benzene rings is 1. The Morgan fingerprint density at radius 1 is 1.02 bits per heavy atom. The number of aliphatic imine (C=N–C) groups is 1. The maximum Gasteiger partial charge on any atom is 0.268 e. The lowest BCUT2D eigenvalue weighted by molar-refractivity contribution is -0.138. The van der Waals surface area contributed by atoms with Crippen molar-refractivity contribution >= 4 is 52.5 Å². The molecule has 0 bridgehead atoms. The fraction of sp³-hybridized carbons (Fsp3) is 0.591. The molecule has 2 aliphatic rings. The van der Waals surface area contributed by atoms with E-state index in [-0.39, 0.29) is 42.1 Å². The molecule has 14 nitrogen and oxygen atoms in total. The molecule has 322 valence electrons. The number of thiazole rings is 1. The zero-order valence-corrected chi connectivity index (χ0v) is 37.3. The number of allylic oxidation sites excluding steroid dienone is 1. The van der Waals surface area contributed by atoms with E-state index < -0.39 is 70.6 Å². The van der Waals surface area contributed by atoms with Crippen LogP contribution < -0.4 is 26.6 Å². The van der Waals surface area contributed by atoms with Gasteiger partial charge in [-0.05, 0) is 54.6 Å². The molecule has 3 heterocycles. The Morgan fingerprint density at radius 3 is 2.27 bits per heavy atom. The zero-order chi connectivity index (χ0) is 43.8. The Morgan fingerprint density at radius 2 is 1.69 bits per heavy atom. The Hall–Kier alpha value is -4.92. The first-order chi connectivity index (χ1) is 27.6. The lowest BCUT2D eigenvalue weighted by Crippen LogP contribution is -2.60. The van der Waals surface area contributed by atoms with Gasteiger partial charge in [-0.25, -0.2) is 4.98 Å². The molecular formula is C44H64N8O6S. The number of nitrogens with zero attached hydrogens (tertiary/aromatic N) is 3. The number of hydrogen-bond donors (Lipinski definition) is 5. The number of amidine groups is 1. The maximum absolute atomic E-state index is 14.8. The molecule has 0 spiro atoms. The molecule has 5 amide bonds. The number of carbonyl (C=O) groups is 6. The van der Waals surface area contributed by atoms with E-state index >= 15 is 0 Å². The minimum absolute atomic E-state index is 0.00864. The van der Waals surface area contributed by atoms with Gasteiger partial charge in [-0.1, -0.05) is 92.6 Å². The average Bonchev–Trinajstić information content (AvgIpc) is 3.84. The molecule has 0 radical (unpaired) electrons. The molecule has 59 heavy (non-hydrogen) atoms. The second-order valence-electron chi connectivity index (χ2n) is 18.2. The van der Waals surface area contributed by atoms with Gasteiger partial charge in [0.15, 0.2) is 0 Å². The van der Waals surface area contributed by atoms with E-state index in [9.17, 15) is 28.8 Å². The Bertz CT molecular complexity index is 1890. The van der Waals surface area contributed by atoms with Gasteiger partial charge in [-0.2, -0.15) is 0 Å². The normalized spacial score (nSPS) is 22.1. The number of amides is 5. The molecule has 4 rings (SSSR count). The summed E-state index contributed by atoms with van der Waals surface area (Å²) in [6, 6.07) is 4.83. The summed E-state index contributed by atoms with van der Waals surface area (Å²) in [5.41, 5.74) is -0.0750. The van der Waals surface area contributed by atoms with Crippen LogP contribution in [0, 0.1) is 16.7 Å². The minimum atomic E-state index is -1.13. The number of Topliss-reactive ketones (excluding diaryl/α,β-unsaturated/α-hetero) is 1. The molecule has 2 aliphatic heterocycles. The summed E-state index contributed by atoms with van der Waals surface area (Å²) in [6.07, 6.45) is 3.34. The van der Waals surface area contributed by atoms with Crippen molar-refractivity contribution in [1.29, 1.82) is 0 Å². The van der Waals surface area contributed by atoms with E-state index in [1.54, 1.807) is 25.4 Å². The molecule has 2 aromatic rings. The Kier molecular flexibility index (Phi) is 15.8. The highest BCUT2D eigenvalue weighted by molar-refractivity contribution is 7.09. The van der Waals surface area contributed by atoms with Crippen molar-refractivity contribution in [2.75, 3.05) is 13.1 Å². The predicted octanol–water partition coefficient (Wildman–Crippen LogP) is 4.94. The van der Waals surface area contributed by atoms with Gasteiger partial charge >= 0.3 is 0 Å². The molecule has 7 atom stereocenters. The standard InChI is InChI=1S/C44H64N8O6S/c1-12-16-29(53)23-30(42-45-20-22-59-42)47-39(56)33(27(5)28-17-14-13-15-18-28)49-41(58)36(44(9,10)11)50-37-35(43(6,7)8)51-38(55)32(25(2)3)48-40(57)34-26(4)19-21-52(34)31(54)24-46-37/h13-15,17-18,20,22,26-27,30,33-36H,12,16,19,21,23-24H2,1-11H3,(H,46,50)(H,47,56)(H,48,57)(H,49,58)(H,51,55)/t26-,27+,30-,33?,34+,35?,36?/m1/s1. The lowest BCUT2D eigenvalue weighted by atomic mass is 9.83. The van der Waals surface area contributed by atoms with Crippen LogP contribution in [0.3, 0.4) is 0 Å². The van der Waals surface area contributed by atoms with E-state index in [4.69, 9.17) is 4.99 Å². The van der Waals surface area contributed by atoms with Crippen LogP contribution >= 0.6 is 11.3 Å². The quantitative estimate of drug-likeness (QED) is 0.186. The first-order valence-corrected chi connectivity index (χ1v) is 21.5. The highest BCUT2D eigenvalue weighted by Crippen LogP contribution is 2.30. The van der Waals surface area contributed by atoms with Gasteiger partial charge in [0.05, 0.1) is 18.6 Å². The first kappa shape index (κ1) is 46.8. The lowest BCUT2D eigenvalue weighted by Gasteiger charge is -2.37.